The third-order valence-corrected chi connectivity index (χ3v) is 5.81. The van der Waals surface area contributed by atoms with Crippen molar-refractivity contribution in [1.82, 2.24) is 4.98 Å². The molecule has 1 atom stereocenters. The number of hydrogen-bond donors (Lipinski definition) is 1. The summed E-state index contributed by atoms with van der Waals surface area (Å²) in [6.07, 6.45) is 0.271. The fraction of sp³-hybridized carbons (Fsp3) is 0.333. The van der Waals surface area contributed by atoms with Crippen LogP contribution in [0.2, 0.25) is 0 Å². The molecule has 1 unspecified atom stereocenters. The summed E-state index contributed by atoms with van der Waals surface area (Å²) in [6, 6.07) is 13.3. The van der Waals surface area contributed by atoms with Gasteiger partial charge in [-0.05, 0) is 62.2 Å². The number of carbonyl (C=O) groups is 1. The first kappa shape index (κ1) is 25.3. The predicted octanol–water partition coefficient (Wildman–Crippen LogP) is 5.23. The smallest absolute Gasteiger partial charge is 0.163 e. The van der Waals surface area contributed by atoms with E-state index in [-0.39, 0.29) is 24.4 Å². The number of Topliss-reactive ketones (excluding diaryl/α,β-unsaturated/α-hetero) is 1. The van der Waals surface area contributed by atoms with Gasteiger partial charge in [0, 0.05) is 30.2 Å². The third kappa shape index (κ3) is 5.61. The highest BCUT2D eigenvalue weighted by Crippen LogP contribution is 2.34. The molecule has 3 aromatic rings. The van der Waals surface area contributed by atoms with Crippen LogP contribution in [0.1, 0.15) is 46.9 Å². The number of hydrogen-bond acceptors (Lipinski definition) is 6. The number of ketones is 1. The lowest BCUT2D eigenvalue weighted by Gasteiger charge is -2.24. The van der Waals surface area contributed by atoms with E-state index in [9.17, 15) is 14.3 Å². The minimum atomic E-state index is -1.37. The zero-order valence-electron chi connectivity index (χ0n) is 20.1. The van der Waals surface area contributed by atoms with Crippen molar-refractivity contribution in [1.29, 1.82) is 0 Å². The fourth-order valence-electron chi connectivity index (χ4n) is 3.73. The topological polar surface area (TPSA) is 77.9 Å². The SMILES string of the molecule is COCc1ccc(C(=O)CCC(C)(O)c2ccc(OC)c(-c3ccc(F)c(C)c3)n2)cc1OC. The first-order valence-corrected chi connectivity index (χ1v) is 10.9. The second-order valence-electron chi connectivity index (χ2n) is 8.37. The van der Waals surface area contributed by atoms with E-state index in [0.717, 1.165) is 5.56 Å². The Morgan fingerprint density at radius 3 is 2.41 bits per heavy atom. The van der Waals surface area contributed by atoms with Gasteiger partial charge in [-0.3, -0.25) is 4.79 Å². The zero-order valence-corrected chi connectivity index (χ0v) is 20.1. The van der Waals surface area contributed by atoms with E-state index >= 15 is 0 Å². The number of aromatic nitrogens is 1. The van der Waals surface area contributed by atoms with Crippen LogP contribution in [0, 0.1) is 12.7 Å². The molecule has 2 aromatic carbocycles. The molecule has 0 spiro atoms. The van der Waals surface area contributed by atoms with E-state index in [2.05, 4.69) is 4.98 Å². The number of halogens is 1. The van der Waals surface area contributed by atoms with E-state index in [4.69, 9.17) is 14.2 Å². The Hall–Kier alpha value is -3.29. The summed E-state index contributed by atoms with van der Waals surface area (Å²) in [5.41, 5.74) is 2.02. The number of rotatable bonds is 10. The second kappa shape index (κ2) is 10.8. The summed E-state index contributed by atoms with van der Waals surface area (Å²) in [4.78, 5) is 17.5. The standard InChI is InChI=1S/C27H30FNO5/c1-17-14-19(8-9-21(17)28)26-23(33-4)10-11-25(29-26)27(2,31)13-12-22(30)18-6-7-20(16-32-3)24(15-18)34-5/h6-11,14-15,31H,12-13,16H2,1-5H3. The van der Waals surface area contributed by atoms with Crippen molar-refractivity contribution in [3.05, 3.63) is 76.7 Å². The zero-order chi connectivity index (χ0) is 24.9. The quantitative estimate of drug-likeness (QED) is 0.412. The van der Waals surface area contributed by atoms with Gasteiger partial charge in [-0.1, -0.05) is 12.1 Å². The molecule has 180 valence electrons. The van der Waals surface area contributed by atoms with E-state index in [1.54, 1.807) is 70.5 Å². The molecule has 0 saturated carbocycles. The van der Waals surface area contributed by atoms with Gasteiger partial charge in [-0.15, -0.1) is 0 Å². The average molecular weight is 468 g/mol. The summed E-state index contributed by atoms with van der Waals surface area (Å²) < 4.78 is 29.7. The Balaban J connectivity index is 1.82. The molecule has 1 aromatic heterocycles. The van der Waals surface area contributed by atoms with Gasteiger partial charge in [-0.25, -0.2) is 9.37 Å². The van der Waals surface area contributed by atoms with Crippen molar-refractivity contribution in [2.75, 3.05) is 21.3 Å². The molecule has 1 heterocycles. The molecular weight excluding hydrogens is 437 g/mol. The normalized spacial score (nSPS) is 12.8. The Morgan fingerprint density at radius 1 is 1.03 bits per heavy atom. The molecule has 0 aliphatic carbocycles. The maximum Gasteiger partial charge on any atom is 0.163 e. The molecule has 0 amide bonds. The second-order valence-corrected chi connectivity index (χ2v) is 8.37. The molecule has 34 heavy (non-hydrogen) atoms. The van der Waals surface area contributed by atoms with Crippen LogP contribution in [-0.2, 0) is 16.9 Å². The number of nitrogens with zero attached hydrogens (tertiary/aromatic N) is 1. The third-order valence-electron chi connectivity index (χ3n) is 5.81. The lowest BCUT2D eigenvalue weighted by Crippen LogP contribution is -2.24. The van der Waals surface area contributed by atoms with Crippen LogP contribution in [0.5, 0.6) is 11.5 Å². The van der Waals surface area contributed by atoms with Gasteiger partial charge in [0.05, 0.1) is 26.5 Å². The lowest BCUT2D eigenvalue weighted by atomic mass is 9.92. The van der Waals surface area contributed by atoms with E-state index in [0.29, 0.717) is 46.2 Å². The number of benzene rings is 2. The van der Waals surface area contributed by atoms with Crippen LogP contribution in [0.4, 0.5) is 4.39 Å². The number of ether oxygens (including phenoxy) is 3. The summed E-state index contributed by atoms with van der Waals surface area (Å²) in [5.74, 6) is 0.655. The molecule has 0 aliphatic rings. The Kier molecular flexibility index (Phi) is 8.02. The van der Waals surface area contributed by atoms with Gasteiger partial charge in [-0.2, -0.15) is 0 Å². The summed E-state index contributed by atoms with van der Waals surface area (Å²) in [7, 11) is 4.67. The Morgan fingerprint density at radius 2 is 1.76 bits per heavy atom. The molecule has 0 aliphatic heterocycles. The number of aliphatic hydroxyl groups is 1. The first-order valence-electron chi connectivity index (χ1n) is 10.9. The van der Waals surface area contributed by atoms with E-state index in [1.807, 2.05) is 0 Å². The molecule has 0 fully saturated rings. The largest absolute Gasteiger partial charge is 0.496 e. The van der Waals surface area contributed by atoms with Crippen molar-refractivity contribution in [3.63, 3.8) is 0 Å². The highest BCUT2D eigenvalue weighted by atomic mass is 19.1. The molecule has 6 nitrogen and oxygen atoms in total. The molecule has 1 N–H and O–H groups in total. The van der Waals surface area contributed by atoms with Gasteiger partial charge in [0.2, 0.25) is 0 Å². The van der Waals surface area contributed by atoms with Crippen LogP contribution in [0.3, 0.4) is 0 Å². The van der Waals surface area contributed by atoms with E-state index in [1.165, 1.54) is 13.2 Å². The lowest BCUT2D eigenvalue weighted by molar-refractivity contribution is 0.0397. The number of methoxy groups -OCH3 is 3. The summed E-state index contributed by atoms with van der Waals surface area (Å²) >= 11 is 0. The molecule has 0 radical (unpaired) electrons. The summed E-state index contributed by atoms with van der Waals surface area (Å²) in [6.45, 7) is 3.68. The van der Waals surface area contributed by atoms with Gasteiger partial charge < -0.3 is 19.3 Å². The van der Waals surface area contributed by atoms with Gasteiger partial charge >= 0.3 is 0 Å². The monoisotopic (exact) mass is 467 g/mol. The highest BCUT2D eigenvalue weighted by molar-refractivity contribution is 5.96. The van der Waals surface area contributed by atoms with Crippen LogP contribution in [0.25, 0.3) is 11.3 Å². The first-order chi connectivity index (χ1) is 16.2. The Labute approximate surface area is 199 Å². The average Bonchev–Trinajstić information content (AvgIpc) is 2.84. The maximum absolute atomic E-state index is 13.8. The van der Waals surface area contributed by atoms with Crippen LogP contribution in [0.15, 0.2) is 48.5 Å². The van der Waals surface area contributed by atoms with Crippen molar-refractivity contribution in [3.8, 4) is 22.8 Å². The minimum Gasteiger partial charge on any atom is -0.496 e. The van der Waals surface area contributed by atoms with Crippen molar-refractivity contribution >= 4 is 5.78 Å². The Bertz CT molecular complexity index is 1180. The number of aryl methyl sites for hydroxylation is 1. The van der Waals surface area contributed by atoms with Crippen LogP contribution < -0.4 is 9.47 Å². The van der Waals surface area contributed by atoms with Crippen LogP contribution in [-0.4, -0.2) is 37.2 Å². The van der Waals surface area contributed by atoms with Gasteiger partial charge in [0.25, 0.3) is 0 Å². The summed E-state index contributed by atoms with van der Waals surface area (Å²) in [5, 5.41) is 11.2. The van der Waals surface area contributed by atoms with Gasteiger partial charge in [0.1, 0.15) is 28.6 Å². The molecule has 0 bridgehead atoms. The van der Waals surface area contributed by atoms with Gasteiger partial charge in [0.15, 0.2) is 5.78 Å². The molecule has 3 rings (SSSR count). The van der Waals surface area contributed by atoms with Crippen molar-refractivity contribution in [2.45, 2.75) is 38.9 Å². The fourth-order valence-corrected chi connectivity index (χ4v) is 3.73. The van der Waals surface area contributed by atoms with Crippen molar-refractivity contribution < 1.29 is 28.5 Å². The maximum atomic E-state index is 13.8. The van der Waals surface area contributed by atoms with E-state index < -0.39 is 5.60 Å². The van der Waals surface area contributed by atoms with Crippen molar-refractivity contribution in [2.24, 2.45) is 0 Å². The predicted molar refractivity (Wildman–Crippen MR) is 128 cm³/mol. The number of carbonyl (C=O) groups excluding carboxylic acids is 1. The number of pyridine rings is 1. The van der Waals surface area contributed by atoms with Crippen LogP contribution >= 0.6 is 0 Å². The molecule has 7 heteroatoms. The minimum absolute atomic E-state index is 0.110. The highest BCUT2D eigenvalue weighted by Gasteiger charge is 2.27. The molecular formula is C27H30FNO5. The molecule has 0 saturated heterocycles.